The minimum absolute atomic E-state index is 0.186. The van der Waals surface area contributed by atoms with Gasteiger partial charge >= 0.3 is 0 Å². The Bertz CT molecular complexity index is 608. The smallest absolute Gasteiger partial charge is 0.0561 e. The first-order valence-corrected chi connectivity index (χ1v) is 7.43. The average molecular weight is 285 g/mol. The summed E-state index contributed by atoms with van der Waals surface area (Å²) >= 11 is 0. The molecule has 21 heavy (non-hydrogen) atoms. The Hall–Kier alpha value is -1.84. The van der Waals surface area contributed by atoms with Crippen molar-refractivity contribution in [2.75, 3.05) is 5.43 Å². The van der Waals surface area contributed by atoms with Crippen LogP contribution in [0.2, 0.25) is 0 Å². The Labute approximate surface area is 125 Å². The van der Waals surface area contributed by atoms with Crippen molar-refractivity contribution >= 4 is 17.4 Å². The third-order valence-electron chi connectivity index (χ3n) is 6.22. The van der Waals surface area contributed by atoms with E-state index < -0.39 is 11.4 Å². The predicted molar refractivity (Wildman–Crippen MR) is 80.7 cm³/mol. The average Bonchev–Trinajstić information content (AvgIpc) is 2.76. The third-order valence-corrected chi connectivity index (χ3v) is 6.22. The molecule has 0 spiro atoms. The van der Waals surface area contributed by atoms with Crippen LogP contribution in [0.15, 0.2) is 35.4 Å². The molecular weight excluding hydrogens is 264 g/mol. The quantitative estimate of drug-likeness (QED) is 0.867. The maximum absolute atomic E-state index is 11.8. The lowest BCUT2D eigenvalue weighted by molar-refractivity contribution is -0.323. The number of hydrogen-bond donors (Lipinski definition) is 1. The summed E-state index contributed by atoms with van der Waals surface area (Å²) in [4.78, 5) is 11.8. The molecule has 0 aromatic heterocycles. The van der Waals surface area contributed by atoms with E-state index in [1.165, 1.54) is 0 Å². The van der Waals surface area contributed by atoms with Crippen LogP contribution in [0.3, 0.4) is 0 Å². The maximum atomic E-state index is 11.8. The molecule has 2 saturated carbocycles. The van der Waals surface area contributed by atoms with Crippen LogP contribution in [0.4, 0.5) is 5.69 Å². The van der Waals surface area contributed by atoms with Crippen molar-refractivity contribution in [2.24, 2.45) is 21.3 Å². The van der Waals surface area contributed by atoms with Crippen molar-refractivity contribution in [1.29, 1.82) is 0 Å². The zero-order valence-electron chi connectivity index (χ0n) is 12.8. The SMILES string of the molecule is CC1(C)[C@]2(C(=O)[O-])CC[C@@]1(C)/C(=N\Nc1ccccc1)C2. The molecule has 2 aliphatic carbocycles. The molecule has 2 fully saturated rings. The van der Waals surface area contributed by atoms with Crippen LogP contribution in [0.1, 0.15) is 40.0 Å². The van der Waals surface area contributed by atoms with E-state index in [0.29, 0.717) is 12.8 Å². The molecule has 1 aromatic carbocycles. The topological polar surface area (TPSA) is 64.5 Å². The fraction of sp³-hybridized carbons (Fsp3) is 0.529. The van der Waals surface area contributed by atoms with E-state index in [4.69, 9.17) is 0 Å². The van der Waals surface area contributed by atoms with Gasteiger partial charge in [-0.1, -0.05) is 39.0 Å². The molecule has 0 heterocycles. The summed E-state index contributed by atoms with van der Waals surface area (Å²) in [7, 11) is 0. The van der Waals surface area contributed by atoms with Gasteiger partial charge in [0, 0.05) is 22.5 Å². The van der Waals surface area contributed by atoms with Crippen LogP contribution in [-0.4, -0.2) is 11.7 Å². The number of carboxylic acids is 1. The van der Waals surface area contributed by atoms with Gasteiger partial charge in [-0.15, -0.1) is 0 Å². The molecule has 0 unspecified atom stereocenters. The van der Waals surface area contributed by atoms with Crippen LogP contribution >= 0.6 is 0 Å². The number of carboxylic acid groups (broad SMARTS) is 1. The summed E-state index contributed by atoms with van der Waals surface area (Å²) in [5.74, 6) is -0.930. The van der Waals surface area contributed by atoms with E-state index in [1.807, 2.05) is 44.2 Å². The second-order valence-electron chi connectivity index (χ2n) is 7.04. The van der Waals surface area contributed by atoms with Gasteiger partial charge in [-0.2, -0.15) is 5.10 Å². The van der Waals surface area contributed by atoms with Crippen LogP contribution in [0.5, 0.6) is 0 Å². The van der Waals surface area contributed by atoms with Gasteiger partial charge in [0.2, 0.25) is 0 Å². The number of fused-ring (bicyclic) bond motifs is 2. The number of carbonyl (C=O) groups excluding carboxylic acids is 1. The van der Waals surface area contributed by atoms with Crippen molar-refractivity contribution in [3.63, 3.8) is 0 Å². The van der Waals surface area contributed by atoms with Crippen molar-refractivity contribution in [3.8, 4) is 0 Å². The molecular formula is C17H21N2O2-. The summed E-state index contributed by atoms with van der Waals surface area (Å²) in [6, 6.07) is 9.72. The van der Waals surface area contributed by atoms with Gasteiger partial charge in [0.05, 0.1) is 5.69 Å². The van der Waals surface area contributed by atoms with Gasteiger partial charge < -0.3 is 9.90 Å². The van der Waals surface area contributed by atoms with Crippen LogP contribution < -0.4 is 10.5 Å². The van der Waals surface area contributed by atoms with Gasteiger partial charge in [0.15, 0.2) is 0 Å². The molecule has 2 aliphatic rings. The molecule has 2 atom stereocenters. The van der Waals surface area contributed by atoms with Gasteiger partial charge in [-0.05, 0) is 36.8 Å². The summed E-state index contributed by atoms with van der Waals surface area (Å²) in [5, 5.41) is 16.3. The lowest BCUT2D eigenvalue weighted by atomic mass is 9.65. The number of hydrogen-bond acceptors (Lipinski definition) is 4. The molecule has 4 nitrogen and oxygen atoms in total. The fourth-order valence-electron chi connectivity index (χ4n) is 4.15. The number of nitrogens with one attached hydrogen (secondary N) is 1. The Balaban J connectivity index is 1.94. The minimum atomic E-state index is -0.930. The highest BCUT2D eigenvalue weighted by molar-refractivity contribution is 6.00. The normalized spacial score (nSPS) is 35.1. The summed E-state index contributed by atoms with van der Waals surface area (Å²) in [5.41, 5.74) is 3.63. The first-order valence-electron chi connectivity index (χ1n) is 7.43. The van der Waals surface area contributed by atoms with Crippen molar-refractivity contribution in [2.45, 2.75) is 40.0 Å². The summed E-state index contributed by atoms with van der Waals surface area (Å²) in [6.45, 7) is 6.22. The van der Waals surface area contributed by atoms with Crippen molar-refractivity contribution in [3.05, 3.63) is 30.3 Å². The number of anilines is 1. The number of carbonyl (C=O) groups is 1. The zero-order chi connectivity index (χ0) is 15.3. The number of hydrazone groups is 1. The number of rotatable bonds is 3. The van der Waals surface area contributed by atoms with Gasteiger partial charge in [0.1, 0.15) is 0 Å². The van der Waals surface area contributed by atoms with E-state index in [-0.39, 0.29) is 10.8 Å². The Kier molecular flexibility index (Phi) is 2.91. The van der Waals surface area contributed by atoms with Gasteiger partial charge in [0.25, 0.3) is 0 Å². The molecule has 0 aliphatic heterocycles. The van der Waals surface area contributed by atoms with Crippen molar-refractivity contribution in [1.82, 2.24) is 0 Å². The first kappa shape index (κ1) is 14.1. The van der Waals surface area contributed by atoms with Crippen LogP contribution in [-0.2, 0) is 4.79 Å². The van der Waals surface area contributed by atoms with E-state index in [1.54, 1.807) is 0 Å². The molecule has 112 valence electrons. The molecule has 1 N–H and O–H groups in total. The number of para-hydroxylation sites is 1. The second kappa shape index (κ2) is 4.33. The number of nitrogens with zero attached hydrogens (tertiary/aromatic N) is 1. The van der Waals surface area contributed by atoms with Crippen LogP contribution in [0.25, 0.3) is 0 Å². The predicted octanol–water partition coefficient (Wildman–Crippen LogP) is 2.42. The molecule has 0 radical (unpaired) electrons. The second-order valence-corrected chi connectivity index (χ2v) is 7.04. The monoisotopic (exact) mass is 285 g/mol. The summed E-state index contributed by atoms with van der Waals surface area (Å²) in [6.07, 6.45) is 2.02. The largest absolute Gasteiger partial charge is 0.550 e. The molecule has 2 bridgehead atoms. The summed E-state index contributed by atoms with van der Waals surface area (Å²) < 4.78 is 0. The van der Waals surface area contributed by atoms with Crippen LogP contribution in [0, 0.1) is 16.2 Å². The van der Waals surface area contributed by atoms with E-state index in [0.717, 1.165) is 17.8 Å². The van der Waals surface area contributed by atoms with E-state index >= 15 is 0 Å². The maximum Gasteiger partial charge on any atom is 0.0561 e. The lowest BCUT2D eigenvalue weighted by Gasteiger charge is -2.41. The fourth-order valence-corrected chi connectivity index (χ4v) is 4.15. The van der Waals surface area contributed by atoms with Crippen molar-refractivity contribution < 1.29 is 9.90 Å². The molecule has 0 amide bonds. The van der Waals surface area contributed by atoms with Gasteiger partial charge in [-0.3, -0.25) is 5.43 Å². The highest BCUT2D eigenvalue weighted by Crippen LogP contribution is 2.70. The molecule has 0 saturated heterocycles. The lowest BCUT2D eigenvalue weighted by Crippen LogP contribution is -2.47. The Morgan fingerprint density at radius 3 is 2.43 bits per heavy atom. The molecule has 1 aromatic rings. The first-order chi connectivity index (χ1) is 9.83. The number of aliphatic carboxylic acids is 1. The third kappa shape index (κ3) is 1.68. The molecule has 3 rings (SSSR count). The Morgan fingerprint density at radius 2 is 1.86 bits per heavy atom. The highest BCUT2D eigenvalue weighted by Gasteiger charge is 2.69. The zero-order valence-corrected chi connectivity index (χ0v) is 12.8. The minimum Gasteiger partial charge on any atom is -0.550 e. The Morgan fingerprint density at radius 1 is 1.19 bits per heavy atom. The van der Waals surface area contributed by atoms with Gasteiger partial charge in [-0.25, -0.2) is 0 Å². The molecule has 4 heteroatoms. The standard InChI is InChI=1S/C17H22N2O2/c1-15(2)16(3)9-10-17(15,14(20)21)11-13(16)19-18-12-7-5-4-6-8-12/h4-8,18H,9-11H2,1-3H3,(H,20,21)/p-1/b19-13-/t16-,17+/m0/s1. The van der Waals surface area contributed by atoms with E-state index in [9.17, 15) is 9.90 Å². The van der Waals surface area contributed by atoms with E-state index in [2.05, 4.69) is 17.5 Å². The highest BCUT2D eigenvalue weighted by atomic mass is 16.4. The number of benzene rings is 1.